The molecule has 2 heterocycles. The molecule has 1 aliphatic heterocycles. The van der Waals surface area contributed by atoms with Crippen molar-refractivity contribution in [3.05, 3.63) is 66.0 Å². The first-order chi connectivity index (χ1) is 10.7. The number of pyridine rings is 1. The number of amides is 1. The molecule has 0 bridgehead atoms. The maximum Gasteiger partial charge on any atom is 0.414 e. The predicted octanol–water partition coefficient (Wildman–Crippen LogP) is 2.93. The molecule has 0 unspecified atom stereocenters. The van der Waals surface area contributed by atoms with Gasteiger partial charge in [0.15, 0.2) is 5.78 Å². The zero-order valence-corrected chi connectivity index (χ0v) is 11.8. The lowest BCUT2D eigenvalue weighted by molar-refractivity contribution is 0.104. The van der Waals surface area contributed by atoms with Crippen LogP contribution in [0.5, 0.6) is 0 Å². The number of anilines is 1. The lowest BCUT2D eigenvalue weighted by Crippen LogP contribution is -2.23. The van der Waals surface area contributed by atoms with E-state index < -0.39 is 0 Å². The quantitative estimate of drug-likeness (QED) is 0.642. The van der Waals surface area contributed by atoms with Gasteiger partial charge in [-0.25, -0.2) is 4.79 Å². The molecule has 1 aliphatic rings. The molecule has 1 fully saturated rings. The van der Waals surface area contributed by atoms with Gasteiger partial charge in [0.2, 0.25) is 0 Å². The van der Waals surface area contributed by atoms with Crippen molar-refractivity contribution in [3.8, 4) is 0 Å². The van der Waals surface area contributed by atoms with E-state index in [0.717, 1.165) is 11.3 Å². The number of hydrogen-bond donors (Lipinski definition) is 0. The number of benzene rings is 1. The number of aromatic nitrogens is 1. The molecule has 5 nitrogen and oxygen atoms in total. The van der Waals surface area contributed by atoms with E-state index in [1.165, 1.54) is 6.08 Å². The van der Waals surface area contributed by atoms with Gasteiger partial charge in [-0.15, -0.1) is 0 Å². The van der Waals surface area contributed by atoms with Crippen LogP contribution >= 0.6 is 0 Å². The van der Waals surface area contributed by atoms with Crippen LogP contribution in [-0.4, -0.2) is 30.0 Å². The van der Waals surface area contributed by atoms with E-state index >= 15 is 0 Å². The van der Waals surface area contributed by atoms with E-state index in [4.69, 9.17) is 4.74 Å². The third kappa shape index (κ3) is 3.03. The summed E-state index contributed by atoms with van der Waals surface area (Å²) < 4.78 is 4.89. The monoisotopic (exact) mass is 294 g/mol. The molecule has 2 aromatic rings. The largest absolute Gasteiger partial charge is 0.447 e. The Morgan fingerprint density at radius 1 is 1.23 bits per heavy atom. The van der Waals surface area contributed by atoms with Gasteiger partial charge in [-0.1, -0.05) is 6.07 Å². The SMILES string of the molecule is O=C(/C=C\c1cccnc1)c1ccc(N2CCOC2=O)cc1. The highest BCUT2D eigenvalue weighted by Crippen LogP contribution is 2.19. The molecule has 110 valence electrons. The van der Waals surface area contributed by atoms with Gasteiger partial charge in [0.05, 0.1) is 6.54 Å². The van der Waals surface area contributed by atoms with Crippen molar-refractivity contribution in [2.45, 2.75) is 0 Å². The molecule has 0 spiro atoms. The van der Waals surface area contributed by atoms with E-state index in [1.807, 2.05) is 12.1 Å². The maximum absolute atomic E-state index is 12.1. The van der Waals surface area contributed by atoms with Crippen LogP contribution < -0.4 is 4.90 Å². The van der Waals surface area contributed by atoms with Crippen LogP contribution in [0.4, 0.5) is 10.5 Å². The van der Waals surface area contributed by atoms with E-state index in [2.05, 4.69) is 4.98 Å². The van der Waals surface area contributed by atoms with Crippen LogP contribution in [0, 0.1) is 0 Å². The van der Waals surface area contributed by atoms with Crippen molar-refractivity contribution in [3.63, 3.8) is 0 Å². The van der Waals surface area contributed by atoms with Gasteiger partial charge in [0.25, 0.3) is 0 Å². The Morgan fingerprint density at radius 3 is 2.68 bits per heavy atom. The van der Waals surface area contributed by atoms with E-state index in [0.29, 0.717) is 18.7 Å². The zero-order chi connectivity index (χ0) is 15.4. The molecule has 0 aliphatic carbocycles. The Balaban J connectivity index is 1.71. The van der Waals surface area contributed by atoms with Crippen LogP contribution in [0.3, 0.4) is 0 Å². The second kappa shape index (κ2) is 6.22. The molecule has 22 heavy (non-hydrogen) atoms. The predicted molar refractivity (Wildman–Crippen MR) is 82.7 cm³/mol. The molecule has 0 radical (unpaired) electrons. The normalized spacial score (nSPS) is 14.4. The van der Waals surface area contributed by atoms with Crippen molar-refractivity contribution >= 4 is 23.6 Å². The summed E-state index contributed by atoms with van der Waals surface area (Å²) in [5, 5.41) is 0. The minimum Gasteiger partial charge on any atom is -0.447 e. The lowest BCUT2D eigenvalue weighted by Gasteiger charge is -2.12. The number of hydrogen-bond acceptors (Lipinski definition) is 4. The zero-order valence-electron chi connectivity index (χ0n) is 11.8. The van der Waals surface area contributed by atoms with E-state index in [1.54, 1.807) is 47.6 Å². The average Bonchev–Trinajstić information content (AvgIpc) is 3.00. The summed E-state index contributed by atoms with van der Waals surface area (Å²) in [5.74, 6) is -0.0978. The van der Waals surface area contributed by atoms with Crippen LogP contribution in [-0.2, 0) is 4.74 Å². The Labute approximate surface area is 127 Å². The fourth-order valence-corrected chi connectivity index (χ4v) is 2.18. The van der Waals surface area contributed by atoms with Crippen molar-refractivity contribution in [2.75, 3.05) is 18.1 Å². The first kappa shape index (κ1) is 14.0. The van der Waals surface area contributed by atoms with Gasteiger partial charge in [-0.2, -0.15) is 0 Å². The summed E-state index contributed by atoms with van der Waals surface area (Å²) in [6, 6.07) is 10.6. The molecule has 1 aromatic heterocycles. The second-order valence-corrected chi connectivity index (χ2v) is 4.80. The van der Waals surface area contributed by atoms with Gasteiger partial charge < -0.3 is 4.74 Å². The molecule has 1 saturated heterocycles. The molecule has 1 aromatic carbocycles. The number of rotatable bonds is 4. The smallest absolute Gasteiger partial charge is 0.414 e. The van der Waals surface area contributed by atoms with Crippen molar-refractivity contribution in [2.24, 2.45) is 0 Å². The Bertz CT molecular complexity index is 708. The minimum absolute atomic E-state index is 0.0978. The van der Waals surface area contributed by atoms with Gasteiger partial charge in [-0.3, -0.25) is 14.7 Å². The Morgan fingerprint density at radius 2 is 2.05 bits per heavy atom. The van der Waals surface area contributed by atoms with E-state index in [-0.39, 0.29) is 11.9 Å². The molecule has 1 amide bonds. The van der Waals surface area contributed by atoms with Crippen LogP contribution in [0.2, 0.25) is 0 Å². The van der Waals surface area contributed by atoms with Gasteiger partial charge in [-0.05, 0) is 48.0 Å². The molecular formula is C17H14N2O3. The molecule has 0 saturated carbocycles. The van der Waals surface area contributed by atoms with Crippen LogP contribution in [0.1, 0.15) is 15.9 Å². The highest BCUT2D eigenvalue weighted by Gasteiger charge is 2.23. The molecule has 0 atom stereocenters. The second-order valence-electron chi connectivity index (χ2n) is 4.80. The number of carbonyl (C=O) groups is 2. The number of cyclic esters (lactones) is 1. The number of carbonyl (C=O) groups excluding carboxylic acids is 2. The number of ether oxygens (including phenoxy) is 1. The fraction of sp³-hybridized carbons (Fsp3) is 0.118. The summed E-state index contributed by atoms with van der Waals surface area (Å²) in [6.45, 7) is 0.931. The summed E-state index contributed by atoms with van der Waals surface area (Å²) in [6.07, 6.45) is 6.25. The van der Waals surface area contributed by atoms with E-state index in [9.17, 15) is 9.59 Å². The topological polar surface area (TPSA) is 59.5 Å². The summed E-state index contributed by atoms with van der Waals surface area (Å²) >= 11 is 0. The minimum atomic E-state index is -0.351. The van der Waals surface area contributed by atoms with Gasteiger partial charge >= 0.3 is 6.09 Å². The van der Waals surface area contributed by atoms with Crippen LogP contribution in [0.15, 0.2) is 54.9 Å². The Kier molecular flexibility index (Phi) is 3.96. The van der Waals surface area contributed by atoms with Crippen molar-refractivity contribution in [1.29, 1.82) is 0 Å². The molecule has 0 N–H and O–H groups in total. The number of allylic oxidation sites excluding steroid dienone is 1. The van der Waals surface area contributed by atoms with Crippen LogP contribution in [0.25, 0.3) is 6.08 Å². The van der Waals surface area contributed by atoms with Gasteiger partial charge in [0, 0.05) is 23.6 Å². The Hall–Kier alpha value is -2.95. The molecular weight excluding hydrogens is 280 g/mol. The highest BCUT2D eigenvalue weighted by molar-refractivity contribution is 6.07. The number of nitrogens with zero attached hydrogens (tertiary/aromatic N) is 2. The third-order valence-electron chi connectivity index (χ3n) is 3.34. The average molecular weight is 294 g/mol. The standard InChI is InChI=1S/C17H14N2O3/c20-16(8-3-13-2-1-9-18-12-13)14-4-6-15(7-5-14)19-10-11-22-17(19)21/h1-9,12H,10-11H2/b8-3-. The first-order valence-electron chi connectivity index (χ1n) is 6.91. The van der Waals surface area contributed by atoms with Crippen molar-refractivity contribution < 1.29 is 14.3 Å². The molecule has 3 rings (SSSR count). The first-order valence-corrected chi connectivity index (χ1v) is 6.91. The molecule has 5 heteroatoms. The fourth-order valence-electron chi connectivity index (χ4n) is 2.18. The summed E-state index contributed by atoms with van der Waals surface area (Å²) in [4.78, 5) is 29.1. The summed E-state index contributed by atoms with van der Waals surface area (Å²) in [7, 11) is 0. The summed E-state index contributed by atoms with van der Waals surface area (Å²) in [5.41, 5.74) is 2.17. The number of ketones is 1. The highest BCUT2D eigenvalue weighted by atomic mass is 16.6. The lowest BCUT2D eigenvalue weighted by atomic mass is 10.1. The van der Waals surface area contributed by atoms with Gasteiger partial charge in [0.1, 0.15) is 6.61 Å². The van der Waals surface area contributed by atoms with Crippen molar-refractivity contribution in [1.82, 2.24) is 4.98 Å². The maximum atomic E-state index is 12.1. The third-order valence-corrected chi connectivity index (χ3v) is 3.34.